The molecule has 0 aromatic carbocycles. The van der Waals surface area contributed by atoms with E-state index >= 15 is 0 Å². The number of ether oxygens (including phenoxy) is 1. The second-order valence-electron chi connectivity index (χ2n) is 2.97. The van der Waals surface area contributed by atoms with Crippen LogP contribution < -0.4 is 0 Å². The Morgan fingerprint density at radius 1 is 1.45 bits per heavy atom. The molecule has 1 fully saturated rings. The number of nitrogens with zero attached hydrogens (tertiary/aromatic N) is 1. The van der Waals surface area contributed by atoms with Crippen molar-refractivity contribution in [2.75, 3.05) is 7.11 Å². The third kappa shape index (κ3) is 0.836. The molecule has 2 aliphatic heterocycles. The highest BCUT2D eigenvalue weighted by atomic mass is 16.5. The molecule has 0 aliphatic carbocycles. The summed E-state index contributed by atoms with van der Waals surface area (Å²) in [6, 6.07) is 0.625. The van der Waals surface area contributed by atoms with E-state index in [1.165, 1.54) is 7.11 Å². The molecule has 0 spiro atoms. The molecular formula is C8H11NO2. The number of amides is 1. The molecule has 2 aliphatic rings. The fourth-order valence-corrected chi connectivity index (χ4v) is 1.88. The van der Waals surface area contributed by atoms with Gasteiger partial charge < -0.3 is 4.74 Å². The van der Waals surface area contributed by atoms with Gasteiger partial charge in [-0.3, -0.25) is 4.90 Å². The maximum atomic E-state index is 11.1. The van der Waals surface area contributed by atoms with E-state index in [0.29, 0.717) is 12.1 Å². The van der Waals surface area contributed by atoms with Crippen LogP contribution >= 0.6 is 0 Å². The third-order valence-corrected chi connectivity index (χ3v) is 2.41. The molecule has 3 heteroatoms. The van der Waals surface area contributed by atoms with E-state index < -0.39 is 0 Å². The van der Waals surface area contributed by atoms with Gasteiger partial charge in [-0.1, -0.05) is 12.2 Å². The van der Waals surface area contributed by atoms with Crippen molar-refractivity contribution in [1.82, 2.24) is 4.90 Å². The van der Waals surface area contributed by atoms with Gasteiger partial charge in [-0.05, 0) is 12.8 Å². The van der Waals surface area contributed by atoms with Crippen molar-refractivity contribution in [2.24, 2.45) is 0 Å². The average Bonchev–Trinajstić information content (AvgIpc) is 2.61. The minimum absolute atomic E-state index is 0.192. The lowest BCUT2D eigenvalue weighted by molar-refractivity contribution is 0.121. The van der Waals surface area contributed by atoms with Crippen LogP contribution in [0.1, 0.15) is 12.8 Å². The van der Waals surface area contributed by atoms with Crippen molar-refractivity contribution in [3.63, 3.8) is 0 Å². The molecule has 60 valence electrons. The number of fused-ring (bicyclic) bond motifs is 2. The van der Waals surface area contributed by atoms with E-state index in [0.717, 1.165) is 12.8 Å². The summed E-state index contributed by atoms with van der Waals surface area (Å²) >= 11 is 0. The molecule has 2 atom stereocenters. The summed E-state index contributed by atoms with van der Waals surface area (Å²) in [4.78, 5) is 12.9. The van der Waals surface area contributed by atoms with Crippen LogP contribution in [-0.2, 0) is 4.74 Å². The Morgan fingerprint density at radius 3 is 2.36 bits per heavy atom. The van der Waals surface area contributed by atoms with Gasteiger partial charge in [0.2, 0.25) is 0 Å². The first-order valence-electron chi connectivity index (χ1n) is 3.87. The summed E-state index contributed by atoms with van der Waals surface area (Å²) in [6.07, 6.45) is 6.17. The maximum absolute atomic E-state index is 11.1. The van der Waals surface area contributed by atoms with E-state index in [4.69, 9.17) is 0 Å². The van der Waals surface area contributed by atoms with Crippen LogP contribution in [0, 0.1) is 0 Å². The molecule has 1 saturated heterocycles. The van der Waals surface area contributed by atoms with Gasteiger partial charge in [-0.25, -0.2) is 4.79 Å². The molecule has 2 unspecified atom stereocenters. The van der Waals surface area contributed by atoms with Crippen molar-refractivity contribution in [3.8, 4) is 0 Å². The van der Waals surface area contributed by atoms with Crippen LogP contribution in [0.4, 0.5) is 4.79 Å². The molecule has 11 heavy (non-hydrogen) atoms. The van der Waals surface area contributed by atoms with Crippen LogP contribution in [0.15, 0.2) is 12.2 Å². The van der Waals surface area contributed by atoms with E-state index in [1.807, 2.05) is 0 Å². The first-order chi connectivity index (χ1) is 5.33. The van der Waals surface area contributed by atoms with E-state index in [2.05, 4.69) is 16.9 Å². The number of rotatable bonds is 0. The quantitative estimate of drug-likeness (QED) is 0.489. The summed E-state index contributed by atoms with van der Waals surface area (Å²) < 4.78 is 4.66. The van der Waals surface area contributed by atoms with Crippen LogP contribution in [-0.4, -0.2) is 30.2 Å². The standard InChI is InChI=1S/C8H11NO2/c1-11-8(10)9-6-2-3-7(9)5-4-6/h2-3,6-7H,4-5H2,1H3. The molecule has 0 aromatic heterocycles. The first kappa shape index (κ1) is 6.70. The molecule has 0 saturated carbocycles. The Hall–Kier alpha value is -0.990. The van der Waals surface area contributed by atoms with Gasteiger partial charge in [0.25, 0.3) is 0 Å². The molecule has 2 rings (SSSR count). The van der Waals surface area contributed by atoms with Gasteiger partial charge >= 0.3 is 6.09 Å². The molecule has 0 radical (unpaired) electrons. The van der Waals surface area contributed by atoms with E-state index in [9.17, 15) is 4.79 Å². The third-order valence-electron chi connectivity index (χ3n) is 2.41. The number of carbonyl (C=O) groups excluding carboxylic acids is 1. The van der Waals surface area contributed by atoms with Crippen LogP contribution in [0.5, 0.6) is 0 Å². The van der Waals surface area contributed by atoms with Gasteiger partial charge in [-0.15, -0.1) is 0 Å². The average molecular weight is 153 g/mol. The normalized spacial score (nSPS) is 33.0. The SMILES string of the molecule is COC(=O)N1C2C=CC1CC2. The van der Waals surface area contributed by atoms with Gasteiger partial charge in [-0.2, -0.15) is 0 Å². The Balaban J connectivity index is 2.13. The first-order valence-corrected chi connectivity index (χ1v) is 3.87. The maximum Gasteiger partial charge on any atom is 0.410 e. The lowest BCUT2D eigenvalue weighted by atomic mass is 10.1. The van der Waals surface area contributed by atoms with Crippen molar-refractivity contribution >= 4 is 6.09 Å². The number of hydrogen-bond donors (Lipinski definition) is 0. The summed E-state index contributed by atoms with van der Waals surface area (Å²) in [5, 5.41) is 0. The second kappa shape index (κ2) is 2.26. The lowest BCUT2D eigenvalue weighted by Gasteiger charge is -2.19. The zero-order chi connectivity index (χ0) is 7.84. The number of methoxy groups -OCH3 is 1. The predicted molar refractivity (Wildman–Crippen MR) is 40.2 cm³/mol. The fourth-order valence-electron chi connectivity index (χ4n) is 1.88. The molecule has 2 heterocycles. The summed E-state index contributed by atoms with van der Waals surface area (Å²) in [5.74, 6) is 0. The van der Waals surface area contributed by atoms with Gasteiger partial charge in [0.1, 0.15) is 0 Å². The topological polar surface area (TPSA) is 29.5 Å². The minimum Gasteiger partial charge on any atom is -0.453 e. The van der Waals surface area contributed by atoms with Crippen LogP contribution in [0.25, 0.3) is 0 Å². The number of hydrogen-bond acceptors (Lipinski definition) is 2. The number of carbonyl (C=O) groups is 1. The van der Waals surface area contributed by atoms with Crippen molar-refractivity contribution in [3.05, 3.63) is 12.2 Å². The Labute approximate surface area is 65.6 Å². The van der Waals surface area contributed by atoms with Crippen molar-refractivity contribution in [1.29, 1.82) is 0 Å². The highest BCUT2D eigenvalue weighted by molar-refractivity contribution is 5.70. The molecule has 1 amide bonds. The Morgan fingerprint density at radius 2 is 2.00 bits per heavy atom. The highest BCUT2D eigenvalue weighted by Gasteiger charge is 2.38. The predicted octanol–water partition coefficient (Wildman–Crippen LogP) is 1.16. The summed E-state index contributed by atoms with van der Waals surface area (Å²) in [7, 11) is 1.43. The molecular weight excluding hydrogens is 142 g/mol. The monoisotopic (exact) mass is 153 g/mol. The van der Waals surface area contributed by atoms with Gasteiger partial charge in [0.05, 0.1) is 19.2 Å². The van der Waals surface area contributed by atoms with E-state index in [-0.39, 0.29) is 6.09 Å². The molecule has 0 aromatic rings. The zero-order valence-electron chi connectivity index (χ0n) is 6.49. The smallest absolute Gasteiger partial charge is 0.410 e. The second-order valence-corrected chi connectivity index (χ2v) is 2.97. The van der Waals surface area contributed by atoms with Crippen molar-refractivity contribution in [2.45, 2.75) is 24.9 Å². The van der Waals surface area contributed by atoms with Gasteiger partial charge in [0, 0.05) is 0 Å². The minimum atomic E-state index is -0.192. The largest absolute Gasteiger partial charge is 0.453 e. The summed E-state index contributed by atoms with van der Waals surface area (Å²) in [5.41, 5.74) is 0. The van der Waals surface area contributed by atoms with Crippen LogP contribution in [0.3, 0.4) is 0 Å². The Bertz CT molecular complexity index is 198. The van der Waals surface area contributed by atoms with E-state index in [1.54, 1.807) is 4.90 Å². The molecule has 2 bridgehead atoms. The molecule has 3 nitrogen and oxygen atoms in total. The van der Waals surface area contributed by atoms with Gasteiger partial charge in [0.15, 0.2) is 0 Å². The fraction of sp³-hybridized carbons (Fsp3) is 0.625. The molecule has 0 N–H and O–H groups in total. The highest BCUT2D eigenvalue weighted by Crippen LogP contribution is 2.31. The van der Waals surface area contributed by atoms with Crippen LogP contribution in [0.2, 0.25) is 0 Å². The summed E-state index contributed by atoms with van der Waals surface area (Å²) in [6.45, 7) is 0. The van der Waals surface area contributed by atoms with Crippen molar-refractivity contribution < 1.29 is 9.53 Å². The lowest BCUT2D eigenvalue weighted by Crippen LogP contribution is -2.35. The zero-order valence-corrected chi connectivity index (χ0v) is 6.49. The Kier molecular flexibility index (Phi) is 1.37.